The zero-order chi connectivity index (χ0) is 11.0. The van der Waals surface area contributed by atoms with E-state index < -0.39 is 0 Å². The fourth-order valence-electron chi connectivity index (χ4n) is 1.75. The summed E-state index contributed by atoms with van der Waals surface area (Å²) in [4.78, 5) is 0. The van der Waals surface area contributed by atoms with Gasteiger partial charge in [0.05, 0.1) is 0 Å². The number of fused-ring (bicyclic) bond motifs is 1. The van der Waals surface area contributed by atoms with Gasteiger partial charge in [0.1, 0.15) is 11.3 Å². The van der Waals surface area contributed by atoms with E-state index in [9.17, 15) is 0 Å². The average molecular weight is 273 g/mol. The van der Waals surface area contributed by atoms with E-state index in [0.717, 1.165) is 26.8 Å². The monoisotopic (exact) mass is 272 g/mol. The van der Waals surface area contributed by atoms with Crippen LogP contribution in [-0.2, 0) is 0 Å². The molecule has 0 aliphatic rings. The minimum absolute atomic E-state index is 0.910. The molecule has 78 valence electrons. The molecule has 3 aromatic rings. The highest BCUT2D eigenvalue weighted by molar-refractivity contribution is 9.10. The summed E-state index contributed by atoms with van der Waals surface area (Å²) in [5.41, 5.74) is 2.02. The van der Waals surface area contributed by atoms with Crippen molar-refractivity contribution in [2.75, 3.05) is 0 Å². The predicted octanol–water partition coefficient (Wildman–Crippen LogP) is 4.86. The summed E-state index contributed by atoms with van der Waals surface area (Å²) in [6.45, 7) is 0. The van der Waals surface area contributed by atoms with Crippen molar-refractivity contribution in [1.29, 1.82) is 0 Å². The van der Waals surface area contributed by atoms with Crippen molar-refractivity contribution in [3.8, 4) is 11.3 Å². The van der Waals surface area contributed by atoms with Gasteiger partial charge in [0.2, 0.25) is 0 Å². The minimum Gasteiger partial charge on any atom is -0.456 e. The minimum atomic E-state index is 0.910. The van der Waals surface area contributed by atoms with E-state index in [1.165, 1.54) is 0 Å². The van der Waals surface area contributed by atoms with Gasteiger partial charge >= 0.3 is 0 Å². The van der Waals surface area contributed by atoms with E-state index in [2.05, 4.69) is 28.1 Å². The van der Waals surface area contributed by atoms with Gasteiger partial charge in [0.15, 0.2) is 0 Å². The maximum absolute atomic E-state index is 5.80. The second-order valence-electron chi connectivity index (χ2n) is 3.66. The summed E-state index contributed by atoms with van der Waals surface area (Å²) >= 11 is 3.44. The van der Waals surface area contributed by atoms with Crippen molar-refractivity contribution in [3.05, 3.63) is 59.1 Å². The van der Waals surface area contributed by atoms with Crippen LogP contribution in [0.1, 0.15) is 0 Å². The van der Waals surface area contributed by atoms with E-state index in [1.807, 2.05) is 42.5 Å². The molecule has 0 saturated carbocycles. The van der Waals surface area contributed by atoms with Gasteiger partial charge in [-0.05, 0) is 24.3 Å². The highest BCUT2D eigenvalue weighted by atomic mass is 79.9. The van der Waals surface area contributed by atoms with Crippen molar-refractivity contribution in [2.45, 2.75) is 0 Å². The van der Waals surface area contributed by atoms with Gasteiger partial charge in [-0.15, -0.1) is 0 Å². The molecule has 0 fully saturated rings. The molecular weight excluding hydrogens is 264 g/mol. The molecule has 1 nitrogen and oxygen atoms in total. The van der Waals surface area contributed by atoms with Gasteiger partial charge in [0.25, 0.3) is 0 Å². The maximum atomic E-state index is 5.80. The van der Waals surface area contributed by atoms with Gasteiger partial charge in [0, 0.05) is 15.4 Å². The molecule has 0 aliphatic heterocycles. The van der Waals surface area contributed by atoms with Crippen LogP contribution in [0.4, 0.5) is 0 Å². The van der Waals surface area contributed by atoms with E-state index >= 15 is 0 Å². The first-order valence-electron chi connectivity index (χ1n) is 5.07. The van der Waals surface area contributed by atoms with Gasteiger partial charge in [-0.25, -0.2) is 0 Å². The lowest BCUT2D eigenvalue weighted by Gasteiger charge is -1.93. The molecule has 0 aliphatic carbocycles. The van der Waals surface area contributed by atoms with Crippen LogP contribution in [0.15, 0.2) is 63.5 Å². The highest BCUT2D eigenvalue weighted by Crippen LogP contribution is 2.29. The van der Waals surface area contributed by atoms with Gasteiger partial charge < -0.3 is 4.42 Å². The lowest BCUT2D eigenvalue weighted by Crippen LogP contribution is -1.69. The lowest BCUT2D eigenvalue weighted by atomic mass is 10.1. The number of benzene rings is 2. The topological polar surface area (TPSA) is 13.1 Å². The summed E-state index contributed by atoms with van der Waals surface area (Å²) in [5.74, 6) is 0.911. The second-order valence-corrected chi connectivity index (χ2v) is 4.57. The van der Waals surface area contributed by atoms with E-state index in [0.29, 0.717) is 0 Å². The summed E-state index contributed by atoms with van der Waals surface area (Å²) < 4.78 is 6.84. The van der Waals surface area contributed by atoms with Gasteiger partial charge in [-0.1, -0.05) is 46.3 Å². The predicted molar refractivity (Wildman–Crippen MR) is 69.4 cm³/mol. The van der Waals surface area contributed by atoms with Crippen LogP contribution < -0.4 is 0 Å². The summed E-state index contributed by atoms with van der Waals surface area (Å²) in [6, 6.07) is 18.2. The van der Waals surface area contributed by atoms with Crippen LogP contribution in [0, 0.1) is 0 Å². The fourth-order valence-corrected chi connectivity index (χ4v) is 2.09. The van der Waals surface area contributed by atoms with E-state index in [-0.39, 0.29) is 0 Å². The Morgan fingerprint density at radius 1 is 0.875 bits per heavy atom. The normalized spacial score (nSPS) is 10.8. The Labute approximate surface area is 102 Å². The number of halogens is 1. The van der Waals surface area contributed by atoms with E-state index in [4.69, 9.17) is 4.42 Å². The molecule has 16 heavy (non-hydrogen) atoms. The fraction of sp³-hybridized carbons (Fsp3) is 0. The molecular formula is C14H9BrO. The van der Waals surface area contributed by atoms with Gasteiger partial charge in [-0.3, -0.25) is 0 Å². The molecule has 3 rings (SSSR count). The molecule has 0 unspecified atom stereocenters. The van der Waals surface area contributed by atoms with Crippen molar-refractivity contribution in [2.24, 2.45) is 0 Å². The standard InChI is InChI=1S/C14H9BrO/c15-12-7-6-11-8-13(16-14(11)9-12)10-4-2-1-3-5-10/h1-9H. The number of hydrogen-bond acceptors (Lipinski definition) is 1. The van der Waals surface area contributed by atoms with Crippen LogP contribution in [0.2, 0.25) is 0 Å². The molecule has 0 atom stereocenters. The Morgan fingerprint density at radius 2 is 1.69 bits per heavy atom. The average Bonchev–Trinajstić information content (AvgIpc) is 2.73. The Hall–Kier alpha value is -1.54. The zero-order valence-corrected chi connectivity index (χ0v) is 10.1. The molecule has 0 spiro atoms. The maximum Gasteiger partial charge on any atom is 0.135 e. The molecule has 0 amide bonds. The molecule has 1 heterocycles. The molecule has 0 N–H and O–H groups in total. The molecule has 0 radical (unpaired) electrons. The number of rotatable bonds is 1. The van der Waals surface area contributed by atoms with Crippen molar-refractivity contribution in [1.82, 2.24) is 0 Å². The molecule has 1 aromatic heterocycles. The first kappa shape index (κ1) is 9.67. The lowest BCUT2D eigenvalue weighted by molar-refractivity contribution is 0.631. The third-order valence-corrected chi connectivity index (χ3v) is 3.03. The highest BCUT2D eigenvalue weighted by Gasteiger charge is 2.05. The summed E-state index contributed by atoms with van der Waals surface area (Å²) in [7, 11) is 0. The van der Waals surface area contributed by atoms with Crippen LogP contribution in [0.25, 0.3) is 22.3 Å². The number of furan rings is 1. The Bertz CT molecular complexity index is 626. The summed E-state index contributed by atoms with van der Waals surface area (Å²) in [5, 5.41) is 1.13. The summed E-state index contributed by atoms with van der Waals surface area (Å²) in [6.07, 6.45) is 0. The second kappa shape index (κ2) is 3.80. The zero-order valence-electron chi connectivity index (χ0n) is 8.48. The Balaban J connectivity index is 2.19. The molecule has 2 heteroatoms. The SMILES string of the molecule is Brc1ccc2cc(-c3ccccc3)oc2c1. The largest absolute Gasteiger partial charge is 0.456 e. The van der Waals surface area contributed by atoms with Crippen molar-refractivity contribution >= 4 is 26.9 Å². The van der Waals surface area contributed by atoms with Crippen molar-refractivity contribution < 1.29 is 4.42 Å². The van der Waals surface area contributed by atoms with Crippen LogP contribution in [-0.4, -0.2) is 0 Å². The van der Waals surface area contributed by atoms with Crippen LogP contribution in [0.5, 0.6) is 0 Å². The Morgan fingerprint density at radius 3 is 2.50 bits per heavy atom. The third kappa shape index (κ3) is 1.65. The number of hydrogen-bond donors (Lipinski definition) is 0. The van der Waals surface area contributed by atoms with Crippen LogP contribution in [0.3, 0.4) is 0 Å². The molecule has 0 saturated heterocycles. The molecule has 2 aromatic carbocycles. The smallest absolute Gasteiger partial charge is 0.135 e. The first-order chi connectivity index (χ1) is 7.83. The quantitative estimate of drug-likeness (QED) is 0.617. The van der Waals surface area contributed by atoms with Gasteiger partial charge in [-0.2, -0.15) is 0 Å². The van der Waals surface area contributed by atoms with E-state index in [1.54, 1.807) is 0 Å². The Kier molecular flexibility index (Phi) is 2.29. The van der Waals surface area contributed by atoms with Crippen molar-refractivity contribution in [3.63, 3.8) is 0 Å². The van der Waals surface area contributed by atoms with Crippen LogP contribution >= 0.6 is 15.9 Å². The first-order valence-corrected chi connectivity index (χ1v) is 5.87. The molecule has 0 bridgehead atoms. The third-order valence-electron chi connectivity index (χ3n) is 2.54.